The Morgan fingerprint density at radius 3 is 2.71 bits per heavy atom. The van der Waals surface area contributed by atoms with Gasteiger partial charge in [0.25, 0.3) is 0 Å². The Bertz CT molecular complexity index is 1160. The van der Waals surface area contributed by atoms with Crippen LogP contribution in [0.25, 0.3) is 17.0 Å². The van der Waals surface area contributed by atoms with Crippen LogP contribution in [-0.4, -0.2) is 17.6 Å². The zero-order chi connectivity index (χ0) is 20.0. The number of carboxylic acid groups (broad SMARTS) is 1. The molecular formula is C22H20ClN2O2S+. The third-order valence-electron chi connectivity index (χ3n) is 5.05. The molecular weight excluding hydrogens is 392 g/mol. The Kier molecular flexibility index (Phi) is 4.81. The van der Waals surface area contributed by atoms with Gasteiger partial charge in [-0.05, 0) is 60.9 Å². The lowest BCUT2D eigenvalue weighted by Crippen LogP contribution is -2.28. The van der Waals surface area contributed by atoms with Crippen molar-refractivity contribution in [3.63, 3.8) is 0 Å². The van der Waals surface area contributed by atoms with Crippen LogP contribution in [0.15, 0.2) is 52.5 Å². The third-order valence-corrected chi connectivity index (χ3v) is 6.38. The van der Waals surface area contributed by atoms with Gasteiger partial charge in [-0.1, -0.05) is 23.4 Å². The molecule has 1 aliphatic heterocycles. The molecule has 0 saturated carbocycles. The molecule has 6 heteroatoms. The highest BCUT2D eigenvalue weighted by Crippen LogP contribution is 2.47. The number of nitrogens with zero attached hydrogens (tertiary/aromatic N) is 2. The number of thioether (sulfide) groups is 1. The van der Waals surface area contributed by atoms with E-state index in [0.717, 1.165) is 37.6 Å². The molecule has 0 unspecified atom stereocenters. The van der Waals surface area contributed by atoms with Gasteiger partial charge in [-0.25, -0.2) is 4.57 Å². The number of hydrogen-bond donors (Lipinski definition) is 1. The second-order valence-corrected chi connectivity index (χ2v) is 8.51. The maximum absolute atomic E-state index is 11.5. The average Bonchev–Trinajstić information content (AvgIpc) is 2.94. The number of halogens is 1. The molecule has 3 aromatic rings. The van der Waals surface area contributed by atoms with Crippen LogP contribution in [-0.2, 0) is 11.8 Å². The minimum atomic E-state index is -0.857. The molecule has 1 N–H and O–H groups in total. The Labute approximate surface area is 173 Å². The molecule has 0 radical (unpaired) electrons. The molecule has 0 spiro atoms. The van der Waals surface area contributed by atoms with Crippen LogP contribution in [0.3, 0.4) is 0 Å². The number of anilines is 1. The molecule has 0 amide bonds. The summed E-state index contributed by atoms with van der Waals surface area (Å²) >= 11 is 7.85. The summed E-state index contributed by atoms with van der Waals surface area (Å²) in [5.74, 6) is -0.857. The van der Waals surface area contributed by atoms with Crippen molar-refractivity contribution in [2.75, 3.05) is 11.4 Å². The highest BCUT2D eigenvalue weighted by atomic mass is 35.5. The molecule has 0 atom stereocenters. The van der Waals surface area contributed by atoms with Crippen molar-refractivity contribution in [1.82, 2.24) is 0 Å². The fourth-order valence-corrected chi connectivity index (χ4v) is 4.79. The molecule has 1 aromatic heterocycles. The number of aryl methyl sites for hydroxylation is 3. The van der Waals surface area contributed by atoms with Crippen LogP contribution in [0.2, 0.25) is 5.02 Å². The highest BCUT2D eigenvalue weighted by molar-refractivity contribution is 8.03. The van der Waals surface area contributed by atoms with Gasteiger partial charge in [-0.15, -0.1) is 0 Å². The van der Waals surface area contributed by atoms with Crippen LogP contribution >= 0.6 is 23.4 Å². The SMILES string of the molecule is Cc1cc2c(cc1C)N(CC(=O)O)/C(=C/c1cc[n+](C)c3ccc(Cl)cc13)S2. The lowest BCUT2D eigenvalue weighted by molar-refractivity contribution is -0.644. The van der Waals surface area contributed by atoms with E-state index in [1.165, 1.54) is 5.56 Å². The molecule has 0 aliphatic carbocycles. The van der Waals surface area contributed by atoms with E-state index in [1.54, 1.807) is 11.8 Å². The maximum atomic E-state index is 11.5. The van der Waals surface area contributed by atoms with Crippen molar-refractivity contribution in [2.45, 2.75) is 18.7 Å². The standard InChI is InChI=1S/C22H19ClN2O2S/c1-13-8-19-20(9-14(13)2)28-21(25(19)12-22(26)27)10-15-6-7-24(3)18-5-4-16(23)11-17(15)18/h4-11H,12H2,1-3H3/p+1. The normalized spacial score (nSPS) is 14.7. The summed E-state index contributed by atoms with van der Waals surface area (Å²) in [6.07, 6.45) is 4.06. The Morgan fingerprint density at radius 1 is 1.21 bits per heavy atom. The van der Waals surface area contributed by atoms with Crippen LogP contribution in [0.5, 0.6) is 0 Å². The van der Waals surface area contributed by atoms with Crippen molar-refractivity contribution in [2.24, 2.45) is 7.05 Å². The predicted octanol–water partition coefficient (Wildman–Crippen LogP) is 4.93. The maximum Gasteiger partial charge on any atom is 0.323 e. The van der Waals surface area contributed by atoms with Gasteiger partial charge in [0.1, 0.15) is 13.6 Å². The molecule has 4 rings (SSSR count). The topological polar surface area (TPSA) is 44.4 Å². The molecule has 2 aromatic carbocycles. The summed E-state index contributed by atoms with van der Waals surface area (Å²) in [5, 5.41) is 12.1. The summed E-state index contributed by atoms with van der Waals surface area (Å²) in [4.78, 5) is 14.5. The van der Waals surface area contributed by atoms with E-state index in [0.29, 0.717) is 5.02 Å². The summed E-state index contributed by atoms with van der Waals surface area (Å²) < 4.78 is 2.05. The van der Waals surface area contributed by atoms with E-state index in [9.17, 15) is 9.90 Å². The quantitative estimate of drug-likeness (QED) is 0.620. The van der Waals surface area contributed by atoms with Crippen LogP contribution in [0.1, 0.15) is 16.7 Å². The zero-order valence-corrected chi connectivity index (χ0v) is 17.4. The Morgan fingerprint density at radius 2 is 1.96 bits per heavy atom. The van der Waals surface area contributed by atoms with E-state index in [-0.39, 0.29) is 6.54 Å². The number of aromatic nitrogens is 1. The predicted molar refractivity (Wildman–Crippen MR) is 115 cm³/mol. The van der Waals surface area contributed by atoms with Gasteiger partial charge in [0.05, 0.1) is 16.1 Å². The monoisotopic (exact) mass is 411 g/mol. The van der Waals surface area contributed by atoms with Crippen molar-refractivity contribution < 1.29 is 14.5 Å². The number of carbonyl (C=O) groups is 1. The molecule has 0 saturated heterocycles. The number of fused-ring (bicyclic) bond motifs is 2. The summed E-state index contributed by atoms with van der Waals surface area (Å²) in [6.45, 7) is 4.05. The first-order chi connectivity index (χ1) is 13.3. The number of pyridine rings is 1. The summed E-state index contributed by atoms with van der Waals surface area (Å²) in [5.41, 5.74) is 5.38. The summed E-state index contributed by atoms with van der Waals surface area (Å²) in [7, 11) is 2.00. The fraction of sp³-hybridized carbons (Fsp3) is 0.182. The van der Waals surface area contributed by atoms with Crippen LogP contribution in [0.4, 0.5) is 5.69 Å². The molecule has 28 heavy (non-hydrogen) atoms. The number of benzene rings is 2. The van der Waals surface area contributed by atoms with E-state index in [1.807, 2.05) is 53.9 Å². The first-order valence-electron chi connectivity index (χ1n) is 8.91. The van der Waals surface area contributed by atoms with Gasteiger partial charge in [-0.2, -0.15) is 0 Å². The summed E-state index contributed by atoms with van der Waals surface area (Å²) in [6, 6.07) is 12.1. The van der Waals surface area contributed by atoms with Gasteiger partial charge in [0, 0.05) is 22.1 Å². The zero-order valence-electron chi connectivity index (χ0n) is 15.9. The second kappa shape index (κ2) is 7.15. The van der Waals surface area contributed by atoms with Gasteiger partial charge >= 0.3 is 5.97 Å². The van der Waals surface area contributed by atoms with Crippen molar-refractivity contribution in [1.29, 1.82) is 0 Å². The smallest absolute Gasteiger partial charge is 0.323 e. The molecule has 0 fully saturated rings. The molecule has 1 aliphatic rings. The van der Waals surface area contributed by atoms with Crippen molar-refractivity contribution in [3.8, 4) is 0 Å². The minimum absolute atomic E-state index is 0.0758. The van der Waals surface area contributed by atoms with E-state index >= 15 is 0 Å². The first kappa shape index (κ1) is 18.8. The van der Waals surface area contributed by atoms with E-state index in [2.05, 4.69) is 25.1 Å². The number of carboxylic acids is 1. The second-order valence-electron chi connectivity index (χ2n) is 7.01. The molecule has 142 valence electrons. The van der Waals surface area contributed by atoms with Crippen LogP contribution < -0.4 is 9.47 Å². The van der Waals surface area contributed by atoms with Gasteiger partial charge in [0.2, 0.25) is 5.52 Å². The lowest BCUT2D eigenvalue weighted by Gasteiger charge is -2.19. The first-order valence-corrected chi connectivity index (χ1v) is 10.1. The molecule has 2 heterocycles. The Balaban J connectivity index is 1.87. The highest BCUT2D eigenvalue weighted by Gasteiger charge is 2.28. The molecule has 0 bridgehead atoms. The van der Waals surface area contributed by atoms with Crippen molar-refractivity contribution >= 4 is 52.0 Å². The van der Waals surface area contributed by atoms with Gasteiger partial charge in [0.15, 0.2) is 6.20 Å². The van der Waals surface area contributed by atoms with Gasteiger partial charge in [-0.3, -0.25) is 4.79 Å². The average molecular weight is 412 g/mol. The van der Waals surface area contributed by atoms with Crippen molar-refractivity contribution in [3.05, 3.63) is 69.3 Å². The third kappa shape index (κ3) is 3.36. The number of rotatable bonds is 3. The minimum Gasteiger partial charge on any atom is -0.480 e. The number of hydrogen-bond acceptors (Lipinski definition) is 3. The lowest BCUT2D eigenvalue weighted by atomic mass is 10.1. The number of aliphatic carboxylic acids is 1. The van der Waals surface area contributed by atoms with Crippen LogP contribution in [0, 0.1) is 13.8 Å². The fourth-order valence-electron chi connectivity index (χ4n) is 3.43. The van der Waals surface area contributed by atoms with E-state index < -0.39 is 5.97 Å². The largest absolute Gasteiger partial charge is 0.480 e. The van der Waals surface area contributed by atoms with E-state index in [4.69, 9.17) is 11.6 Å². The molecule has 4 nitrogen and oxygen atoms in total. The van der Waals surface area contributed by atoms with Gasteiger partial charge < -0.3 is 10.0 Å². The Hall–Kier alpha value is -2.50.